The summed E-state index contributed by atoms with van der Waals surface area (Å²) in [6.45, 7) is 1.74. The van der Waals surface area contributed by atoms with E-state index in [2.05, 4.69) is 10.6 Å². The van der Waals surface area contributed by atoms with Gasteiger partial charge >= 0.3 is 0 Å². The predicted molar refractivity (Wildman–Crippen MR) is 114 cm³/mol. The lowest BCUT2D eigenvalue weighted by Gasteiger charge is -2.25. The van der Waals surface area contributed by atoms with Crippen molar-refractivity contribution in [2.24, 2.45) is 0 Å². The molecule has 1 fully saturated rings. The molecular weight excluding hydrogens is 402 g/mol. The van der Waals surface area contributed by atoms with Crippen molar-refractivity contribution in [3.05, 3.63) is 59.1 Å². The van der Waals surface area contributed by atoms with Crippen LogP contribution >= 0.6 is 23.8 Å². The van der Waals surface area contributed by atoms with Crippen LogP contribution in [0.5, 0.6) is 0 Å². The maximum atomic E-state index is 12.7. The summed E-state index contributed by atoms with van der Waals surface area (Å²) in [5, 5.41) is 7.31. The van der Waals surface area contributed by atoms with Gasteiger partial charge in [0.25, 0.3) is 0 Å². The molecule has 2 N–H and O–H groups in total. The molecule has 144 valence electrons. The molecule has 27 heavy (non-hydrogen) atoms. The van der Waals surface area contributed by atoms with Crippen molar-refractivity contribution in [3.8, 4) is 0 Å². The van der Waals surface area contributed by atoms with Gasteiger partial charge in [-0.3, -0.25) is 0 Å². The van der Waals surface area contributed by atoms with Gasteiger partial charge in [0, 0.05) is 30.3 Å². The van der Waals surface area contributed by atoms with E-state index in [4.69, 9.17) is 23.8 Å². The standard InChI is InChI=1S/C19H22ClN3O2S2/c20-16-6-4-5-15(13-16)14-21-19(26)22-17-7-9-18(10-8-17)27(24,25)23-11-2-1-3-12-23/h4-10,13H,1-3,11-12,14H2,(H2,21,22,26). The number of hydrogen-bond donors (Lipinski definition) is 2. The third-order valence-corrected chi connectivity index (χ3v) is 6.80. The summed E-state index contributed by atoms with van der Waals surface area (Å²) < 4.78 is 26.9. The molecular formula is C19H22ClN3O2S2. The van der Waals surface area contributed by atoms with Crippen LogP contribution in [0.3, 0.4) is 0 Å². The zero-order chi connectivity index (χ0) is 19.3. The van der Waals surface area contributed by atoms with Gasteiger partial charge in [-0.05, 0) is 67.0 Å². The van der Waals surface area contributed by atoms with Crippen LogP contribution in [-0.4, -0.2) is 30.9 Å². The Morgan fingerprint density at radius 2 is 1.78 bits per heavy atom. The molecule has 0 radical (unpaired) electrons. The molecule has 0 spiro atoms. The van der Waals surface area contributed by atoms with Crippen molar-refractivity contribution in [3.63, 3.8) is 0 Å². The Balaban J connectivity index is 1.57. The summed E-state index contributed by atoms with van der Waals surface area (Å²) in [5.41, 5.74) is 1.76. The number of halogens is 1. The molecule has 0 aromatic heterocycles. The average Bonchev–Trinajstić information content (AvgIpc) is 2.68. The largest absolute Gasteiger partial charge is 0.358 e. The van der Waals surface area contributed by atoms with Crippen molar-refractivity contribution in [1.29, 1.82) is 0 Å². The van der Waals surface area contributed by atoms with Gasteiger partial charge in [0.05, 0.1) is 4.90 Å². The molecule has 1 aliphatic heterocycles. The van der Waals surface area contributed by atoms with Crippen LogP contribution in [0.2, 0.25) is 5.02 Å². The molecule has 1 aliphatic rings. The van der Waals surface area contributed by atoms with Crippen LogP contribution in [-0.2, 0) is 16.6 Å². The third-order valence-electron chi connectivity index (χ3n) is 4.41. The first-order chi connectivity index (χ1) is 12.9. The van der Waals surface area contributed by atoms with Gasteiger partial charge in [0.1, 0.15) is 0 Å². The molecule has 1 heterocycles. The molecule has 3 rings (SSSR count). The zero-order valence-corrected chi connectivity index (χ0v) is 17.2. The summed E-state index contributed by atoms with van der Waals surface area (Å²) in [4.78, 5) is 0.313. The average molecular weight is 424 g/mol. The van der Waals surface area contributed by atoms with Crippen LogP contribution < -0.4 is 10.6 Å². The second-order valence-electron chi connectivity index (χ2n) is 6.43. The second kappa shape index (κ2) is 9.01. The normalized spacial score (nSPS) is 15.3. The first kappa shape index (κ1) is 20.1. The highest BCUT2D eigenvalue weighted by molar-refractivity contribution is 7.89. The van der Waals surface area contributed by atoms with Gasteiger partial charge in [-0.25, -0.2) is 8.42 Å². The molecule has 5 nitrogen and oxygen atoms in total. The first-order valence-corrected chi connectivity index (χ1v) is 11.1. The molecule has 0 bridgehead atoms. The lowest BCUT2D eigenvalue weighted by Crippen LogP contribution is -2.35. The lowest BCUT2D eigenvalue weighted by molar-refractivity contribution is 0.346. The Hall–Kier alpha value is -1.67. The number of hydrogen-bond acceptors (Lipinski definition) is 3. The number of nitrogens with zero attached hydrogens (tertiary/aromatic N) is 1. The van der Waals surface area contributed by atoms with Gasteiger partial charge < -0.3 is 10.6 Å². The highest BCUT2D eigenvalue weighted by atomic mass is 35.5. The number of rotatable bonds is 5. The van der Waals surface area contributed by atoms with Gasteiger partial charge in [0.2, 0.25) is 10.0 Å². The zero-order valence-electron chi connectivity index (χ0n) is 14.8. The maximum Gasteiger partial charge on any atom is 0.243 e. The van der Waals surface area contributed by atoms with Crippen LogP contribution in [0, 0.1) is 0 Å². The van der Waals surface area contributed by atoms with E-state index in [-0.39, 0.29) is 0 Å². The molecule has 0 aliphatic carbocycles. The fourth-order valence-electron chi connectivity index (χ4n) is 2.97. The molecule has 2 aromatic carbocycles. The van der Waals surface area contributed by atoms with Crippen molar-refractivity contribution >= 4 is 44.6 Å². The summed E-state index contributed by atoms with van der Waals surface area (Å²) in [6.07, 6.45) is 2.94. The molecule has 2 aromatic rings. The lowest BCUT2D eigenvalue weighted by atomic mass is 10.2. The topological polar surface area (TPSA) is 61.4 Å². The van der Waals surface area contributed by atoms with Crippen molar-refractivity contribution in [2.75, 3.05) is 18.4 Å². The fourth-order valence-corrected chi connectivity index (χ4v) is 4.89. The minimum absolute atomic E-state index is 0.313. The highest BCUT2D eigenvalue weighted by Gasteiger charge is 2.25. The molecule has 1 saturated heterocycles. The van der Waals surface area contributed by atoms with Crippen molar-refractivity contribution < 1.29 is 8.42 Å². The quantitative estimate of drug-likeness (QED) is 0.711. The van der Waals surface area contributed by atoms with Crippen molar-refractivity contribution in [2.45, 2.75) is 30.7 Å². The third kappa shape index (κ3) is 5.42. The van der Waals surface area contributed by atoms with Gasteiger partial charge in [-0.2, -0.15) is 4.31 Å². The van der Waals surface area contributed by atoms with E-state index in [0.29, 0.717) is 34.7 Å². The van der Waals surface area contributed by atoms with Gasteiger partial charge in [-0.1, -0.05) is 30.2 Å². The number of thiocarbonyl (C=S) groups is 1. The Morgan fingerprint density at radius 1 is 1.07 bits per heavy atom. The first-order valence-electron chi connectivity index (χ1n) is 8.85. The molecule has 0 saturated carbocycles. The van der Waals surface area contributed by atoms with E-state index >= 15 is 0 Å². The summed E-state index contributed by atoms with van der Waals surface area (Å²) in [6, 6.07) is 14.2. The number of benzene rings is 2. The predicted octanol–water partition coefficient (Wildman–Crippen LogP) is 4.00. The number of piperidine rings is 1. The summed E-state index contributed by atoms with van der Waals surface area (Å²) in [5.74, 6) is 0. The Bertz CT molecular complexity index is 895. The highest BCUT2D eigenvalue weighted by Crippen LogP contribution is 2.22. The van der Waals surface area contributed by atoms with Crippen LogP contribution in [0.25, 0.3) is 0 Å². The second-order valence-corrected chi connectivity index (χ2v) is 9.21. The molecule has 8 heteroatoms. The smallest absolute Gasteiger partial charge is 0.243 e. The van der Waals surface area contributed by atoms with Gasteiger partial charge in [0.15, 0.2) is 5.11 Å². The number of nitrogens with one attached hydrogen (secondary N) is 2. The summed E-state index contributed by atoms with van der Waals surface area (Å²) >= 11 is 11.3. The SMILES string of the molecule is O=S(=O)(c1ccc(NC(=S)NCc2cccc(Cl)c2)cc1)N1CCCCC1. The Labute approximate surface area is 170 Å². The van der Waals surface area contributed by atoms with E-state index in [1.165, 1.54) is 0 Å². The van der Waals surface area contributed by atoms with E-state index in [1.54, 1.807) is 28.6 Å². The van der Waals surface area contributed by atoms with Crippen molar-refractivity contribution in [1.82, 2.24) is 9.62 Å². The minimum atomic E-state index is -3.41. The van der Waals surface area contributed by atoms with E-state index in [9.17, 15) is 8.42 Å². The van der Waals surface area contributed by atoms with E-state index < -0.39 is 10.0 Å². The monoisotopic (exact) mass is 423 g/mol. The summed E-state index contributed by atoms with van der Waals surface area (Å²) in [7, 11) is -3.41. The number of sulfonamides is 1. The van der Waals surface area contributed by atoms with Gasteiger partial charge in [-0.15, -0.1) is 0 Å². The van der Waals surface area contributed by atoms with Crippen LogP contribution in [0.1, 0.15) is 24.8 Å². The molecule has 0 unspecified atom stereocenters. The molecule has 0 atom stereocenters. The van der Waals surface area contributed by atoms with E-state index in [1.807, 2.05) is 24.3 Å². The Morgan fingerprint density at radius 3 is 2.44 bits per heavy atom. The van der Waals surface area contributed by atoms with Crippen LogP contribution in [0.4, 0.5) is 5.69 Å². The minimum Gasteiger partial charge on any atom is -0.358 e. The van der Waals surface area contributed by atoms with E-state index in [0.717, 1.165) is 30.5 Å². The fraction of sp³-hybridized carbons (Fsp3) is 0.316. The molecule has 0 amide bonds. The maximum absolute atomic E-state index is 12.7. The Kier molecular flexibility index (Phi) is 6.70. The number of anilines is 1. The van der Waals surface area contributed by atoms with Crippen LogP contribution in [0.15, 0.2) is 53.4 Å².